The van der Waals surface area contributed by atoms with Gasteiger partial charge < -0.3 is 19.2 Å². The molecule has 0 aliphatic heterocycles. The average molecular weight is 439 g/mol. The highest BCUT2D eigenvalue weighted by Crippen LogP contribution is 2.18. The van der Waals surface area contributed by atoms with Crippen molar-refractivity contribution in [3.05, 3.63) is 54.2 Å². The van der Waals surface area contributed by atoms with Crippen molar-refractivity contribution in [1.82, 2.24) is 19.8 Å². The summed E-state index contributed by atoms with van der Waals surface area (Å²) in [4.78, 5) is 31.7. The first-order chi connectivity index (χ1) is 15.6. The zero-order valence-electron chi connectivity index (χ0n) is 19.2. The molecular formula is C25H34N4O3. The van der Waals surface area contributed by atoms with E-state index in [0.717, 1.165) is 68.5 Å². The van der Waals surface area contributed by atoms with Gasteiger partial charge in [-0.3, -0.25) is 9.59 Å². The molecule has 2 heterocycles. The third-order valence-electron chi connectivity index (χ3n) is 5.47. The minimum atomic E-state index is -0.181. The van der Waals surface area contributed by atoms with Crippen molar-refractivity contribution in [2.24, 2.45) is 0 Å². The van der Waals surface area contributed by atoms with Crippen molar-refractivity contribution in [3.8, 4) is 0 Å². The number of amides is 2. The monoisotopic (exact) mass is 438 g/mol. The van der Waals surface area contributed by atoms with Crippen LogP contribution in [0.25, 0.3) is 11.0 Å². The van der Waals surface area contributed by atoms with E-state index in [1.807, 2.05) is 29.2 Å². The third kappa shape index (κ3) is 6.22. The minimum absolute atomic E-state index is 0.152. The number of rotatable bonds is 13. The lowest BCUT2D eigenvalue weighted by Gasteiger charge is -2.22. The van der Waals surface area contributed by atoms with Gasteiger partial charge in [0.05, 0.1) is 17.3 Å². The number of fused-ring (bicyclic) bond motifs is 1. The highest BCUT2D eigenvalue weighted by Gasteiger charge is 2.17. The zero-order chi connectivity index (χ0) is 22.8. The lowest BCUT2D eigenvalue weighted by molar-refractivity contribution is -0.131. The molecule has 0 fully saturated rings. The molecule has 2 amide bonds. The number of para-hydroxylation sites is 2. The SMILES string of the molecule is CCCN(CCC)C(=O)Cn1c(CCCCCNC(=O)c2ccco2)nc2ccccc21. The Morgan fingerprint density at radius 1 is 1.03 bits per heavy atom. The predicted octanol–water partition coefficient (Wildman–Crippen LogP) is 4.42. The summed E-state index contributed by atoms with van der Waals surface area (Å²) in [6, 6.07) is 11.4. The van der Waals surface area contributed by atoms with Gasteiger partial charge in [-0.25, -0.2) is 4.98 Å². The van der Waals surface area contributed by atoms with Gasteiger partial charge in [0, 0.05) is 26.1 Å². The number of imidazole rings is 1. The summed E-state index contributed by atoms with van der Waals surface area (Å²) in [7, 11) is 0. The second-order valence-electron chi connectivity index (χ2n) is 8.03. The van der Waals surface area contributed by atoms with Crippen LogP contribution in [0.2, 0.25) is 0 Å². The lowest BCUT2D eigenvalue weighted by Crippen LogP contribution is -2.35. The summed E-state index contributed by atoms with van der Waals surface area (Å²) >= 11 is 0. The maximum Gasteiger partial charge on any atom is 0.286 e. The van der Waals surface area contributed by atoms with Crippen molar-refractivity contribution in [2.45, 2.75) is 58.9 Å². The lowest BCUT2D eigenvalue weighted by atomic mass is 10.2. The van der Waals surface area contributed by atoms with Crippen LogP contribution in [-0.2, 0) is 17.8 Å². The predicted molar refractivity (Wildman–Crippen MR) is 125 cm³/mol. The molecule has 3 aromatic rings. The molecule has 0 saturated heterocycles. The Labute approximate surface area is 189 Å². The summed E-state index contributed by atoms with van der Waals surface area (Å²) in [5.41, 5.74) is 1.94. The van der Waals surface area contributed by atoms with Crippen molar-refractivity contribution in [2.75, 3.05) is 19.6 Å². The quantitative estimate of drug-likeness (QED) is 0.401. The standard InChI is InChI=1S/C25H34N4O3/c1-3-16-28(17-4-2)24(30)19-29-21-12-8-7-11-20(21)27-23(29)14-6-5-9-15-26-25(31)22-13-10-18-32-22/h7-8,10-13,18H,3-6,9,14-17,19H2,1-2H3,(H,26,31). The molecule has 0 spiro atoms. The maximum atomic E-state index is 13.0. The fourth-order valence-corrected chi connectivity index (χ4v) is 3.91. The van der Waals surface area contributed by atoms with Gasteiger partial charge in [-0.2, -0.15) is 0 Å². The van der Waals surface area contributed by atoms with Crippen LogP contribution in [0, 0.1) is 0 Å². The maximum absolute atomic E-state index is 13.0. The van der Waals surface area contributed by atoms with E-state index in [2.05, 4.69) is 23.7 Å². The number of aromatic nitrogens is 2. The topological polar surface area (TPSA) is 80.4 Å². The first kappa shape index (κ1) is 23.6. The second kappa shape index (κ2) is 12.1. The van der Waals surface area contributed by atoms with Crippen LogP contribution >= 0.6 is 0 Å². The van der Waals surface area contributed by atoms with E-state index in [9.17, 15) is 9.59 Å². The van der Waals surface area contributed by atoms with E-state index >= 15 is 0 Å². The van der Waals surface area contributed by atoms with E-state index < -0.39 is 0 Å². The number of hydrogen-bond acceptors (Lipinski definition) is 4. The highest BCUT2D eigenvalue weighted by molar-refractivity contribution is 5.91. The summed E-state index contributed by atoms with van der Waals surface area (Å²) < 4.78 is 7.18. The molecule has 0 aliphatic carbocycles. The molecular weight excluding hydrogens is 404 g/mol. The van der Waals surface area contributed by atoms with Crippen LogP contribution < -0.4 is 5.32 Å². The Morgan fingerprint density at radius 3 is 2.53 bits per heavy atom. The van der Waals surface area contributed by atoms with Gasteiger partial charge >= 0.3 is 0 Å². The highest BCUT2D eigenvalue weighted by atomic mass is 16.3. The van der Waals surface area contributed by atoms with Crippen molar-refractivity contribution in [3.63, 3.8) is 0 Å². The van der Waals surface area contributed by atoms with Gasteiger partial charge in [0.1, 0.15) is 12.4 Å². The molecule has 32 heavy (non-hydrogen) atoms. The van der Waals surface area contributed by atoms with Gasteiger partial charge in [0.2, 0.25) is 5.91 Å². The molecule has 3 rings (SSSR count). The van der Waals surface area contributed by atoms with E-state index in [0.29, 0.717) is 18.8 Å². The number of carbonyl (C=O) groups is 2. The van der Waals surface area contributed by atoms with E-state index in [4.69, 9.17) is 9.40 Å². The molecule has 7 nitrogen and oxygen atoms in total. The first-order valence-electron chi connectivity index (χ1n) is 11.7. The first-order valence-corrected chi connectivity index (χ1v) is 11.7. The van der Waals surface area contributed by atoms with Gasteiger partial charge in [-0.05, 0) is 49.9 Å². The fraction of sp³-hybridized carbons (Fsp3) is 0.480. The Balaban J connectivity index is 1.56. The van der Waals surface area contributed by atoms with E-state index in [1.54, 1.807) is 12.1 Å². The van der Waals surface area contributed by atoms with Crippen LogP contribution in [0.15, 0.2) is 47.1 Å². The Morgan fingerprint density at radius 2 is 1.81 bits per heavy atom. The number of furan rings is 1. The number of carbonyl (C=O) groups excluding carboxylic acids is 2. The summed E-state index contributed by atoms with van der Waals surface area (Å²) in [5.74, 6) is 1.26. The van der Waals surface area contributed by atoms with Gasteiger partial charge in [-0.1, -0.05) is 32.4 Å². The normalized spacial score (nSPS) is 11.1. The number of nitrogens with zero attached hydrogens (tertiary/aromatic N) is 3. The van der Waals surface area contributed by atoms with Crippen LogP contribution in [-0.4, -0.2) is 45.9 Å². The number of unbranched alkanes of at least 4 members (excludes halogenated alkanes) is 2. The molecule has 0 radical (unpaired) electrons. The molecule has 0 atom stereocenters. The van der Waals surface area contributed by atoms with Crippen LogP contribution in [0.4, 0.5) is 0 Å². The van der Waals surface area contributed by atoms with Crippen LogP contribution in [0.1, 0.15) is 62.3 Å². The molecule has 0 aliphatic rings. The molecule has 1 aromatic carbocycles. The number of aryl methyl sites for hydroxylation is 1. The largest absolute Gasteiger partial charge is 0.459 e. The Bertz CT molecular complexity index is 988. The van der Waals surface area contributed by atoms with Crippen molar-refractivity contribution < 1.29 is 14.0 Å². The number of benzene rings is 1. The molecule has 172 valence electrons. The summed E-state index contributed by atoms with van der Waals surface area (Å²) in [6.45, 7) is 6.72. The molecule has 7 heteroatoms. The minimum Gasteiger partial charge on any atom is -0.459 e. The van der Waals surface area contributed by atoms with Gasteiger partial charge in [0.15, 0.2) is 5.76 Å². The molecule has 0 bridgehead atoms. The van der Waals surface area contributed by atoms with Gasteiger partial charge in [-0.15, -0.1) is 0 Å². The number of hydrogen-bond donors (Lipinski definition) is 1. The molecule has 0 unspecified atom stereocenters. The van der Waals surface area contributed by atoms with E-state index in [1.165, 1.54) is 6.26 Å². The van der Waals surface area contributed by atoms with Crippen molar-refractivity contribution in [1.29, 1.82) is 0 Å². The summed E-state index contributed by atoms with van der Waals surface area (Å²) in [5, 5.41) is 2.88. The second-order valence-corrected chi connectivity index (χ2v) is 8.03. The smallest absolute Gasteiger partial charge is 0.286 e. The summed E-state index contributed by atoms with van der Waals surface area (Å²) in [6.07, 6.45) is 7.01. The zero-order valence-corrected chi connectivity index (χ0v) is 19.2. The van der Waals surface area contributed by atoms with Crippen LogP contribution in [0.5, 0.6) is 0 Å². The third-order valence-corrected chi connectivity index (χ3v) is 5.47. The molecule has 2 aromatic heterocycles. The molecule has 0 saturated carbocycles. The number of nitrogens with one attached hydrogen (secondary N) is 1. The fourth-order valence-electron chi connectivity index (χ4n) is 3.91. The Hall–Kier alpha value is -3.09. The average Bonchev–Trinajstić information content (AvgIpc) is 3.45. The van der Waals surface area contributed by atoms with Gasteiger partial charge in [0.25, 0.3) is 5.91 Å². The Kier molecular flexibility index (Phi) is 8.90. The molecule has 1 N–H and O–H groups in total. The van der Waals surface area contributed by atoms with Crippen LogP contribution in [0.3, 0.4) is 0 Å². The van der Waals surface area contributed by atoms with E-state index in [-0.39, 0.29) is 11.8 Å². The van der Waals surface area contributed by atoms with Crippen molar-refractivity contribution >= 4 is 22.8 Å².